The molecule has 11 nitrogen and oxygen atoms in total. The highest BCUT2D eigenvalue weighted by molar-refractivity contribution is 7.85. The van der Waals surface area contributed by atoms with Gasteiger partial charge >= 0.3 is 0 Å². The molecule has 1 aliphatic carbocycles. The fourth-order valence-corrected chi connectivity index (χ4v) is 5.91. The van der Waals surface area contributed by atoms with E-state index in [1.807, 2.05) is 43.3 Å². The molecule has 47 heavy (non-hydrogen) atoms. The second-order valence-corrected chi connectivity index (χ2v) is 13.4. The molecule has 2 N–H and O–H groups in total. The van der Waals surface area contributed by atoms with Gasteiger partial charge in [0.25, 0.3) is 21.9 Å². The number of amides is 2. The maximum atomic E-state index is 14.3. The van der Waals surface area contributed by atoms with Gasteiger partial charge < -0.3 is 15.4 Å². The Morgan fingerprint density at radius 2 is 1.62 bits per heavy atom. The molecule has 2 aromatic heterocycles. The molecule has 13 heteroatoms. The highest BCUT2D eigenvalue weighted by Gasteiger charge is 2.26. The van der Waals surface area contributed by atoms with Crippen LogP contribution in [0.4, 0.5) is 4.39 Å². The van der Waals surface area contributed by atoms with Crippen molar-refractivity contribution in [1.29, 1.82) is 0 Å². The molecule has 5 rings (SSSR count). The number of ether oxygens (including phenoxy) is 1. The van der Waals surface area contributed by atoms with E-state index in [0.29, 0.717) is 50.0 Å². The molecular weight excluding hydrogens is 625 g/mol. The standard InChI is InChI=1S/C34H38FN5O6S/c1-22-17-31(39-40(22)2)33(42)38-28-14-12-27(13-15-28)37-32(41)30-20-26(35)21-36-34(30)46-29-11-5-10-25(19-29)24-9-4-7-23(18-24)8-6-16-45-47(3,43)44/h4-5,7,9-11,17-21,27-28H,6,8,12-16H2,1-3H3,(H,37,41)(H,38,42)/t27-,28-. The van der Waals surface area contributed by atoms with Gasteiger partial charge in [0.2, 0.25) is 5.88 Å². The van der Waals surface area contributed by atoms with Crippen molar-refractivity contribution >= 4 is 21.9 Å². The predicted molar refractivity (Wildman–Crippen MR) is 174 cm³/mol. The number of hydrogen-bond donors (Lipinski definition) is 2. The fourth-order valence-electron chi connectivity index (χ4n) is 5.49. The Balaban J connectivity index is 1.19. The molecular formula is C34H38FN5O6S. The van der Waals surface area contributed by atoms with Gasteiger partial charge in [-0.15, -0.1) is 0 Å². The second kappa shape index (κ2) is 14.9. The fraction of sp³-hybridized carbons (Fsp3) is 0.353. The Morgan fingerprint density at radius 3 is 2.28 bits per heavy atom. The largest absolute Gasteiger partial charge is 0.438 e. The van der Waals surface area contributed by atoms with E-state index in [4.69, 9.17) is 8.92 Å². The summed E-state index contributed by atoms with van der Waals surface area (Å²) in [4.78, 5) is 30.0. The Morgan fingerprint density at radius 1 is 0.957 bits per heavy atom. The van der Waals surface area contributed by atoms with Crippen LogP contribution in [0, 0.1) is 12.7 Å². The number of rotatable bonds is 12. The van der Waals surface area contributed by atoms with Crippen molar-refractivity contribution in [3.05, 3.63) is 95.2 Å². The summed E-state index contributed by atoms with van der Waals surface area (Å²) in [5.74, 6) is -0.977. The molecule has 2 aromatic carbocycles. The number of carbonyl (C=O) groups is 2. The average Bonchev–Trinajstić information content (AvgIpc) is 3.38. The van der Waals surface area contributed by atoms with Gasteiger partial charge in [0.15, 0.2) is 0 Å². The molecule has 0 saturated heterocycles. The minimum absolute atomic E-state index is 0.0188. The van der Waals surface area contributed by atoms with Crippen LogP contribution in [0.15, 0.2) is 66.9 Å². The van der Waals surface area contributed by atoms with Crippen LogP contribution < -0.4 is 15.4 Å². The smallest absolute Gasteiger partial charge is 0.272 e. The maximum Gasteiger partial charge on any atom is 0.272 e. The quantitative estimate of drug-likeness (QED) is 0.158. The lowest BCUT2D eigenvalue weighted by atomic mass is 9.91. The Hall–Kier alpha value is -4.62. The van der Waals surface area contributed by atoms with E-state index in [-0.39, 0.29) is 36.0 Å². The maximum absolute atomic E-state index is 14.3. The summed E-state index contributed by atoms with van der Waals surface area (Å²) < 4.78 is 49.2. The lowest BCUT2D eigenvalue weighted by molar-refractivity contribution is 0.0887. The minimum atomic E-state index is -3.47. The number of nitrogens with one attached hydrogen (secondary N) is 2. The Labute approximate surface area is 273 Å². The SMILES string of the molecule is Cc1cc(C(=O)N[C@H]2CC[C@H](NC(=O)c3cc(F)cnc3Oc3cccc(-c4cccc(CCCOS(C)(=O)=O)c4)c3)CC2)nn1C. The summed E-state index contributed by atoms with van der Waals surface area (Å²) in [6.07, 6.45) is 5.85. The van der Waals surface area contributed by atoms with Crippen LogP contribution in [0.5, 0.6) is 11.6 Å². The first-order valence-corrected chi connectivity index (χ1v) is 17.2. The van der Waals surface area contributed by atoms with E-state index < -0.39 is 21.8 Å². The Kier molecular flexibility index (Phi) is 10.7. The molecule has 0 bridgehead atoms. The van der Waals surface area contributed by atoms with Crippen molar-refractivity contribution in [2.24, 2.45) is 7.05 Å². The number of halogens is 1. The topological polar surface area (TPSA) is 142 Å². The monoisotopic (exact) mass is 663 g/mol. The third-order valence-corrected chi connectivity index (χ3v) is 8.62. The van der Waals surface area contributed by atoms with Crippen LogP contribution in [0.1, 0.15) is 64.2 Å². The summed E-state index contributed by atoms with van der Waals surface area (Å²) >= 11 is 0. The molecule has 0 unspecified atom stereocenters. The van der Waals surface area contributed by atoms with Crippen LogP contribution in [-0.2, 0) is 27.8 Å². The number of aryl methyl sites for hydroxylation is 3. The van der Waals surface area contributed by atoms with Crippen molar-refractivity contribution in [3.8, 4) is 22.8 Å². The van der Waals surface area contributed by atoms with E-state index in [1.165, 1.54) is 0 Å². The highest BCUT2D eigenvalue weighted by atomic mass is 32.2. The molecule has 0 atom stereocenters. The number of nitrogens with zero attached hydrogens (tertiary/aromatic N) is 3. The zero-order chi connectivity index (χ0) is 33.6. The first-order chi connectivity index (χ1) is 22.4. The van der Waals surface area contributed by atoms with Gasteiger partial charge in [-0.1, -0.05) is 36.4 Å². The lowest BCUT2D eigenvalue weighted by Gasteiger charge is -2.29. The molecule has 1 saturated carbocycles. The van der Waals surface area contributed by atoms with Gasteiger partial charge in [0.05, 0.1) is 19.1 Å². The van der Waals surface area contributed by atoms with E-state index in [1.54, 1.807) is 29.9 Å². The minimum Gasteiger partial charge on any atom is -0.438 e. The van der Waals surface area contributed by atoms with E-state index in [0.717, 1.165) is 40.9 Å². The van der Waals surface area contributed by atoms with Crippen LogP contribution in [-0.4, -0.2) is 59.9 Å². The summed E-state index contributed by atoms with van der Waals surface area (Å²) in [6.45, 7) is 1.99. The lowest BCUT2D eigenvalue weighted by Crippen LogP contribution is -2.44. The molecule has 2 heterocycles. The third-order valence-electron chi connectivity index (χ3n) is 8.02. The van der Waals surface area contributed by atoms with Crippen LogP contribution in [0.3, 0.4) is 0 Å². The van der Waals surface area contributed by atoms with Gasteiger partial charge in [0, 0.05) is 24.8 Å². The number of aromatic nitrogens is 3. The van der Waals surface area contributed by atoms with Crippen molar-refractivity contribution < 1.29 is 31.3 Å². The van der Waals surface area contributed by atoms with Crippen molar-refractivity contribution in [2.45, 2.75) is 57.5 Å². The average molecular weight is 664 g/mol. The zero-order valence-corrected chi connectivity index (χ0v) is 27.3. The first kappa shape index (κ1) is 33.7. The van der Waals surface area contributed by atoms with Gasteiger partial charge in [-0.05, 0) is 86.4 Å². The van der Waals surface area contributed by atoms with Gasteiger partial charge in [-0.25, -0.2) is 9.37 Å². The van der Waals surface area contributed by atoms with Gasteiger partial charge in [0.1, 0.15) is 22.8 Å². The van der Waals surface area contributed by atoms with Crippen molar-refractivity contribution in [2.75, 3.05) is 12.9 Å². The van der Waals surface area contributed by atoms with Gasteiger partial charge in [-0.2, -0.15) is 13.5 Å². The van der Waals surface area contributed by atoms with Crippen LogP contribution in [0.25, 0.3) is 11.1 Å². The Bertz CT molecular complexity index is 1830. The zero-order valence-electron chi connectivity index (χ0n) is 26.5. The van der Waals surface area contributed by atoms with Gasteiger partial charge in [-0.3, -0.25) is 18.5 Å². The molecule has 0 aliphatic heterocycles. The van der Waals surface area contributed by atoms with E-state index in [9.17, 15) is 22.4 Å². The number of hydrogen-bond acceptors (Lipinski definition) is 8. The summed E-state index contributed by atoms with van der Waals surface area (Å²) in [6, 6.07) is 17.8. The summed E-state index contributed by atoms with van der Waals surface area (Å²) in [5, 5.41) is 10.2. The molecule has 1 aliphatic rings. The van der Waals surface area contributed by atoms with Crippen LogP contribution >= 0.6 is 0 Å². The van der Waals surface area contributed by atoms with Crippen molar-refractivity contribution in [1.82, 2.24) is 25.4 Å². The van der Waals surface area contributed by atoms with E-state index in [2.05, 4.69) is 20.7 Å². The second-order valence-electron chi connectivity index (χ2n) is 11.8. The summed E-state index contributed by atoms with van der Waals surface area (Å²) in [7, 11) is -1.69. The van der Waals surface area contributed by atoms with Crippen molar-refractivity contribution in [3.63, 3.8) is 0 Å². The third kappa shape index (κ3) is 9.46. The normalized spacial score (nSPS) is 16.4. The molecule has 2 amide bonds. The van der Waals surface area contributed by atoms with E-state index >= 15 is 0 Å². The number of pyridine rings is 1. The molecule has 0 radical (unpaired) electrons. The van der Waals surface area contributed by atoms with Crippen LogP contribution in [0.2, 0.25) is 0 Å². The highest BCUT2D eigenvalue weighted by Crippen LogP contribution is 2.30. The first-order valence-electron chi connectivity index (χ1n) is 15.4. The number of benzene rings is 2. The molecule has 4 aromatic rings. The molecule has 1 fully saturated rings. The number of carbonyl (C=O) groups excluding carboxylic acids is 2. The predicted octanol–water partition coefficient (Wildman–Crippen LogP) is 5.10. The molecule has 0 spiro atoms. The summed E-state index contributed by atoms with van der Waals surface area (Å²) in [5.41, 5.74) is 4.04. The molecule has 248 valence electrons.